The molecule has 108 valence electrons. The molecule has 2 amide bonds. The maximum atomic E-state index is 12.6. The van der Waals surface area contributed by atoms with E-state index in [9.17, 15) is 22.8 Å². The zero-order valence-electron chi connectivity index (χ0n) is 11.1. The fourth-order valence-corrected chi connectivity index (χ4v) is 1.96. The second kappa shape index (κ2) is 4.74. The van der Waals surface area contributed by atoms with Gasteiger partial charge < -0.3 is 0 Å². The zero-order chi connectivity index (χ0) is 15.9. The lowest BCUT2D eigenvalue weighted by atomic mass is 10.1. The van der Waals surface area contributed by atoms with Gasteiger partial charge in [-0.25, -0.2) is 4.90 Å². The van der Waals surface area contributed by atoms with Crippen molar-refractivity contribution in [1.29, 1.82) is 5.26 Å². The Balaban J connectivity index is 2.55. The smallest absolute Gasteiger partial charge is 0.269 e. The number of hydrogen-bond donors (Lipinski definition) is 0. The first-order valence-electron chi connectivity index (χ1n) is 5.86. The Morgan fingerprint density at radius 2 is 1.62 bits per heavy atom. The van der Waals surface area contributed by atoms with Crippen molar-refractivity contribution >= 4 is 17.5 Å². The predicted octanol–water partition coefficient (Wildman–Crippen LogP) is 2.79. The monoisotopic (exact) mass is 294 g/mol. The van der Waals surface area contributed by atoms with Crippen molar-refractivity contribution in [3.05, 3.63) is 40.5 Å². The van der Waals surface area contributed by atoms with Gasteiger partial charge in [0.2, 0.25) is 0 Å². The number of anilines is 1. The number of carbonyl (C=O) groups excluding carboxylic acids is 2. The third-order valence-electron chi connectivity index (χ3n) is 3.30. The van der Waals surface area contributed by atoms with Crippen LogP contribution in [0, 0.1) is 11.3 Å². The summed E-state index contributed by atoms with van der Waals surface area (Å²) in [5.41, 5.74) is -1.11. The minimum absolute atomic E-state index is 0.142. The molecule has 0 fully saturated rings. The number of benzene rings is 1. The van der Waals surface area contributed by atoms with Crippen molar-refractivity contribution in [2.24, 2.45) is 0 Å². The van der Waals surface area contributed by atoms with Gasteiger partial charge in [0.15, 0.2) is 0 Å². The minimum Gasteiger partial charge on any atom is -0.269 e. The maximum absolute atomic E-state index is 12.6. The Morgan fingerprint density at radius 1 is 1.10 bits per heavy atom. The number of hydrogen-bond acceptors (Lipinski definition) is 3. The lowest BCUT2D eigenvalue weighted by Crippen LogP contribution is -2.32. The highest BCUT2D eigenvalue weighted by molar-refractivity contribution is 6.32. The minimum atomic E-state index is -4.60. The molecule has 0 aromatic heterocycles. The van der Waals surface area contributed by atoms with Gasteiger partial charge in [-0.15, -0.1) is 0 Å². The molecular weight excluding hydrogens is 285 g/mol. The molecule has 1 aliphatic rings. The Morgan fingerprint density at radius 3 is 2.05 bits per heavy atom. The Bertz CT molecular complexity index is 703. The summed E-state index contributed by atoms with van der Waals surface area (Å²) in [5, 5.41) is 8.99. The third-order valence-corrected chi connectivity index (χ3v) is 3.30. The highest BCUT2D eigenvalue weighted by Crippen LogP contribution is 2.34. The standard InChI is InChI=1S/C14H9F3N2O2/c1-7-8(2)13(21)19(12(7)20)11-4-3-10(14(15,16)17)5-9(11)6-18/h3-5H,1-2H3. The van der Waals surface area contributed by atoms with Crippen molar-refractivity contribution < 1.29 is 22.8 Å². The molecule has 0 radical (unpaired) electrons. The lowest BCUT2D eigenvalue weighted by molar-refractivity contribution is -0.137. The lowest BCUT2D eigenvalue weighted by Gasteiger charge is -2.17. The van der Waals surface area contributed by atoms with E-state index in [0.29, 0.717) is 6.07 Å². The van der Waals surface area contributed by atoms with Crippen LogP contribution in [0.3, 0.4) is 0 Å². The van der Waals surface area contributed by atoms with Crippen molar-refractivity contribution in [2.45, 2.75) is 20.0 Å². The molecule has 21 heavy (non-hydrogen) atoms. The quantitative estimate of drug-likeness (QED) is 0.748. The summed E-state index contributed by atoms with van der Waals surface area (Å²) in [4.78, 5) is 24.7. The van der Waals surface area contributed by atoms with Gasteiger partial charge in [0.25, 0.3) is 11.8 Å². The van der Waals surface area contributed by atoms with Gasteiger partial charge in [-0.1, -0.05) is 0 Å². The molecule has 2 rings (SSSR count). The van der Waals surface area contributed by atoms with E-state index in [1.807, 2.05) is 0 Å². The molecule has 0 atom stereocenters. The van der Waals surface area contributed by atoms with Crippen molar-refractivity contribution in [3.8, 4) is 6.07 Å². The van der Waals surface area contributed by atoms with Crippen molar-refractivity contribution in [3.63, 3.8) is 0 Å². The molecule has 0 bridgehead atoms. The molecule has 0 saturated heterocycles. The molecule has 0 N–H and O–H groups in total. The van der Waals surface area contributed by atoms with Gasteiger partial charge in [-0.05, 0) is 32.0 Å². The van der Waals surface area contributed by atoms with Crippen molar-refractivity contribution in [1.82, 2.24) is 0 Å². The molecular formula is C14H9F3N2O2. The van der Waals surface area contributed by atoms with Crippen LogP contribution in [0.5, 0.6) is 0 Å². The van der Waals surface area contributed by atoms with Crippen LogP contribution in [-0.2, 0) is 15.8 Å². The first-order valence-corrected chi connectivity index (χ1v) is 5.86. The number of rotatable bonds is 1. The van der Waals surface area contributed by atoms with Crippen molar-refractivity contribution in [2.75, 3.05) is 4.90 Å². The number of nitrogens with zero attached hydrogens (tertiary/aromatic N) is 2. The predicted molar refractivity (Wildman–Crippen MR) is 67.0 cm³/mol. The molecule has 0 unspecified atom stereocenters. The Kier molecular flexibility index (Phi) is 3.33. The van der Waals surface area contributed by atoms with Gasteiger partial charge >= 0.3 is 6.18 Å². The summed E-state index contributed by atoms with van der Waals surface area (Å²) in [6, 6.07) is 3.91. The molecule has 4 nitrogen and oxygen atoms in total. The van der Waals surface area contributed by atoms with Crippen LogP contribution >= 0.6 is 0 Å². The summed E-state index contributed by atoms with van der Waals surface area (Å²) < 4.78 is 37.9. The summed E-state index contributed by atoms with van der Waals surface area (Å²) in [5.74, 6) is -1.26. The fraction of sp³-hybridized carbons (Fsp3) is 0.214. The first kappa shape index (κ1) is 14.8. The van der Waals surface area contributed by atoms with Crippen LogP contribution in [0.15, 0.2) is 29.3 Å². The molecule has 1 aromatic carbocycles. The van der Waals surface area contributed by atoms with E-state index in [4.69, 9.17) is 5.26 Å². The molecule has 7 heteroatoms. The van der Waals surface area contributed by atoms with Crippen LogP contribution in [0.4, 0.5) is 18.9 Å². The molecule has 1 heterocycles. The van der Waals surface area contributed by atoms with E-state index in [2.05, 4.69) is 0 Å². The number of carbonyl (C=O) groups is 2. The van der Waals surface area contributed by atoms with E-state index in [-0.39, 0.29) is 22.4 Å². The molecule has 0 saturated carbocycles. The van der Waals surface area contributed by atoms with Gasteiger partial charge in [0, 0.05) is 11.1 Å². The second-order valence-corrected chi connectivity index (χ2v) is 4.54. The van der Waals surface area contributed by atoms with Gasteiger partial charge in [0.1, 0.15) is 6.07 Å². The number of alkyl halides is 3. The Hall–Kier alpha value is -2.62. The van der Waals surface area contributed by atoms with E-state index in [1.165, 1.54) is 13.8 Å². The largest absolute Gasteiger partial charge is 0.416 e. The number of imide groups is 1. The first-order chi connectivity index (χ1) is 9.68. The highest BCUT2D eigenvalue weighted by atomic mass is 19.4. The summed E-state index contributed by atoms with van der Waals surface area (Å²) in [7, 11) is 0. The molecule has 1 aromatic rings. The third kappa shape index (κ3) is 2.29. The highest BCUT2D eigenvalue weighted by Gasteiger charge is 2.37. The van der Waals surface area contributed by atoms with Crippen LogP contribution in [-0.4, -0.2) is 11.8 Å². The van der Waals surface area contributed by atoms with E-state index in [1.54, 1.807) is 6.07 Å². The van der Waals surface area contributed by atoms with Crippen LogP contribution in [0.1, 0.15) is 25.0 Å². The fourth-order valence-electron chi connectivity index (χ4n) is 1.96. The summed E-state index contributed by atoms with van der Waals surface area (Å²) in [6.45, 7) is 2.90. The van der Waals surface area contributed by atoms with Gasteiger partial charge in [0.05, 0.1) is 16.8 Å². The SMILES string of the molecule is CC1=C(C)C(=O)N(c2ccc(C(F)(F)F)cc2C#N)C1=O. The topological polar surface area (TPSA) is 61.2 Å². The summed E-state index contributed by atoms with van der Waals surface area (Å²) >= 11 is 0. The van der Waals surface area contributed by atoms with E-state index >= 15 is 0 Å². The average Bonchev–Trinajstić information content (AvgIpc) is 2.61. The van der Waals surface area contributed by atoms with Crippen LogP contribution < -0.4 is 4.90 Å². The zero-order valence-corrected chi connectivity index (χ0v) is 11.1. The normalized spacial score (nSPS) is 15.7. The maximum Gasteiger partial charge on any atom is 0.416 e. The number of halogens is 3. The molecule has 1 aliphatic heterocycles. The van der Waals surface area contributed by atoms with Gasteiger partial charge in [-0.3, -0.25) is 9.59 Å². The van der Waals surface area contributed by atoms with E-state index in [0.717, 1.165) is 17.0 Å². The number of nitriles is 1. The Labute approximate surface area is 118 Å². The number of amides is 2. The molecule has 0 spiro atoms. The molecule has 0 aliphatic carbocycles. The van der Waals surface area contributed by atoms with Crippen LogP contribution in [0.2, 0.25) is 0 Å². The second-order valence-electron chi connectivity index (χ2n) is 4.54. The van der Waals surface area contributed by atoms with Crippen LogP contribution in [0.25, 0.3) is 0 Å². The summed E-state index contributed by atoms with van der Waals surface area (Å²) in [6.07, 6.45) is -4.60. The van der Waals surface area contributed by atoms with E-state index < -0.39 is 23.6 Å². The average molecular weight is 294 g/mol. The van der Waals surface area contributed by atoms with Gasteiger partial charge in [-0.2, -0.15) is 18.4 Å².